The summed E-state index contributed by atoms with van der Waals surface area (Å²) in [5.41, 5.74) is 12.8. The molecule has 3 rings (SSSR count). The Morgan fingerprint density at radius 1 is 1.04 bits per heavy atom. The molecule has 0 aromatic heterocycles. The van der Waals surface area contributed by atoms with Gasteiger partial charge in [-0.15, -0.1) is 0 Å². The van der Waals surface area contributed by atoms with Gasteiger partial charge in [-0.05, 0) is 60.5 Å². The van der Waals surface area contributed by atoms with Gasteiger partial charge in [0.25, 0.3) is 0 Å². The molecule has 0 radical (unpaired) electrons. The van der Waals surface area contributed by atoms with Gasteiger partial charge in [0.2, 0.25) is 0 Å². The van der Waals surface area contributed by atoms with Gasteiger partial charge in [-0.25, -0.2) is 0 Å². The van der Waals surface area contributed by atoms with Crippen molar-refractivity contribution in [2.75, 3.05) is 33.8 Å². The number of nitrogens with two attached hydrogens (primary N) is 1. The number of benzene rings is 2. The van der Waals surface area contributed by atoms with Gasteiger partial charge in [-0.1, -0.05) is 31.2 Å². The minimum Gasteiger partial charge on any atom is -0.492 e. The molecule has 0 amide bonds. The Morgan fingerprint density at radius 3 is 2.39 bits per heavy atom. The molecule has 0 aliphatic heterocycles. The zero-order valence-electron chi connectivity index (χ0n) is 14.3. The number of hydrogen-bond acceptors (Lipinski definition) is 3. The summed E-state index contributed by atoms with van der Waals surface area (Å²) in [5.74, 6) is 1.22. The third-order valence-corrected chi connectivity index (χ3v) is 4.63. The van der Waals surface area contributed by atoms with E-state index in [9.17, 15) is 0 Å². The van der Waals surface area contributed by atoms with Crippen LogP contribution in [0.2, 0.25) is 0 Å². The van der Waals surface area contributed by atoms with Crippen molar-refractivity contribution in [1.29, 1.82) is 0 Å². The molecular formula is C20H26N2O. The maximum Gasteiger partial charge on any atom is 0.119 e. The third-order valence-electron chi connectivity index (χ3n) is 4.63. The van der Waals surface area contributed by atoms with Crippen LogP contribution in [-0.4, -0.2) is 38.7 Å². The molecule has 0 bridgehead atoms. The largest absolute Gasteiger partial charge is 0.492 e. The molecule has 0 spiro atoms. The van der Waals surface area contributed by atoms with Crippen LogP contribution >= 0.6 is 0 Å². The minimum atomic E-state index is 0.281. The second-order valence-corrected chi connectivity index (χ2v) is 6.46. The molecule has 0 fully saturated rings. The van der Waals surface area contributed by atoms with Crippen molar-refractivity contribution in [2.45, 2.75) is 19.3 Å². The first-order chi connectivity index (χ1) is 11.1. The number of nitrogens with zero attached hydrogens (tertiary/aromatic N) is 1. The predicted octanol–water partition coefficient (Wildman–Crippen LogP) is 3.26. The first-order valence-corrected chi connectivity index (χ1v) is 8.38. The minimum absolute atomic E-state index is 0.281. The van der Waals surface area contributed by atoms with Gasteiger partial charge < -0.3 is 15.4 Å². The van der Waals surface area contributed by atoms with E-state index >= 15 is 0 Å². The summed E-state index contributed by atoms with van der Waals surface area (Å²) in [6, 6.07) is 13.2. The molecule has 1 aliphatic rings. The van der Waals surface area contributed by atoms with Gasteiger partial charge in [0.05, 0.1) is 0 Å². The standard InChI is InChI=1S/C20H26N2O/c1-4-14-5-7-16-17-8-6-15(23-10-9-22(2)3)12-19(17)20(13-21)18(16)11-14/h5-8,11-12,20H,4,9-10,13,21H2,1-3H3. The van der Waals surface area contributed by atoms with Crippen LogP contribution in [0, 0.1) is 0 Å². The molecule has 3 nitrogen and oxygen atoms in total. The zero-order chi connectivity index (χ0) is 16.4. The van der Waals surface area contributed by atoms with Crippen molar-refractivity contribution in [3.8, 4) is 16.9 Å². The summed E-state index contributed by atoms with van der Waals surface area (Å²) in [5, 5.41) is 0. The number of aryl methyl sites for hydroxylation is 1. The molecule has 23 heavy (non-hydrogen) atoms. The van der Waals surface area contributed by atoms with E-state index in [0.717, 1.165) is 18.7 Å². The summed E-state index contributed by atoms with van der Waals surface area (Å²) in [6.07, 6.45) is 1.06. The van der Waals surface area contributed by atoms with E-state index in [1.807, 2.05) is 0 Å². The highest BCUT2D eigenvalue weighted by Gasteiger charge is 2.28. The van der Waals surface area contributed by atoms with E-state index in [2.05, 4.69) is 62.3 Å². The quantitative estimate of drug-likeness (QED) is 0.890. The molecule has 2 aromatic carbocycles. The van der Waals surface area contributed by atoms with Crippen molar-refractivity contribution >= 4 is 0 Å². The molecule has 1 aliphatic carbocycles. The van der Waals surface area contributed by atoms with Crippen LogP contribution in [0.15, 0.2) is 36.4 Å². The lowest BCUT2D eigenvalue weighted by Crippen LogP contribution is -2.19. The predicted molar refractivity (Wildman–Crippen MR) is 96.2 cm³/mol. The summed E-state index contributed by atoms with van der Waals surface area (Å²) in [7, 11) is 4.11. The topological polar surface area (TPSA) is 38.5 Å². The Morgan fingerprint density at radius 2 is 1.74 bits per heavy atom. The Balaban J connectivity index is 1.90. The van der Waals surface area contributed by atoms with Crippen LogP contribution in [0.3, 0.4) is 0 Å². The third kappa shape index (κ3) is 3.12. The molecule has 122 valence electrons. The Bertz CT molecular complexity index is 694. The molecule has 3 heteroatoms. The van der Waals surface area contributed by atoms with Gasteiger partial charge >= 0.3 is 0 Å². The van der Waals surface area contributed by atoms with Crippen molar-refractivity contribution < 1.29 is 4.74 Å². The van der Waals surface area contributed by atoms with Crippen LogP contribution in [-0.2, 0) is 6.42 Å². The molecule has 2 N–H and O–H groups in total. The SMILES string of the molecule is CCc1ccc2c(c1)C(CN)c1cc(OCCN(C)C)ccc1-2. The summed E-state index contributed by atoms with van der Waals surface area (Å²) < 4.78 is 5.90. The highest BCUT2D eigenvalue weighted by atomic mass is 16.5. The van der Waals surface area contributed by atoms with Crippen molar-refractivity contribution in [2.24, 2.45) is 5.73 Å². The van der Waals surface area contributed by atoms with Gasteiger partial charge in [0, 0.05) is 19.0 Å². The smallest absolute Gasteiger partial charge is 0.119 e. The van der Waals surface area contributed by atoms with Crippen LogP contribution in [0.1, 0.15) is 29.5 Å². The van der Waals surface area contributed by atoms with Crippen molar-refractivity contribution in [1.82, 2.24) is 4.90 Å². The van der Waals surface area contributed by atoms with Gasteiger partial charge in [-0.2, -0.15) is 0 Å². The average Bonchev–Trinajstić information content (AvgIpc) is 2.86. The highest BCUT2D eigenvalue weighted by Crippen LogP contribution is 2.45. The monoisotopic (exact) mass is 310 g/mol. The van der Waals surface area contributed by atoms with Gasteiger partial charge in [-0.3, -0.25) is 0 Å². The van der Waals surface area contributed by atoms with Crippen LogP contribution in [0.4, 0.5) is 0 Å². The average molecular weight is 310 g/mol. The van der Waals surface area contributed by atoms with E-state index in [4.69, 9.17) is 10.5 Å². The second kappa shape index (κ2) is 6.73. The van der Waals surface area contributed by atoms with E-state index in [0.29, 0.717) is 13.2 Å². The van der Waals surface area contributed by atoms with E-state index in [1.54, 1.807) is 0 Å². The van der Waals surface area contributed by atoms with Crippen LogP contribution < -0.4 is 10.5 Å². The maximum atomic E-state index is 6.10. The van der Waals surface area contributed by atoms with E-state index < -0.39 is 0 Å². The number of likely N-dealkylation sites (N-methyl/N-ethyl adjacent to an activating group) is 1. The highest BCUT2D eigenvalue weighted by molar-refractivity contribution is 5.80. The first kappa shape index (κ1) is 16.0. The molecule has 1 atom stereocenters. The van der Waals surface area contributed by atoms with Crippen LogP contribution in [0.25, 0.3) is 11.1 Å². The number of fused-ring (bicyclic) bond motifs is 3. The van der Waals surface area contributed by atoms with Crippen molar-refractivity contribution in [3.05, 3.63) is 53.1 Å². The maximum absolute atomic E-state index is 6.10. The number of hydrogen-bond donors (Lipinski definition) is 1. The number of rotatable bonds is 6. The fraction of sp³-hybridized carbons (Fsp3) is 0.400. The summed E-state index contributed by atoms with van der Waals surface area (Å²) in [4.78, 5) is 2.12. The first-order valence-electron chi connectivity index (χ1n) is 8.38. The van der Waals surface area contributed by atoms with Gasteiger partial charge in [0.1, 0.15) is 12.4 Å². The Hall–Kier alpha value is -1.84. The lowest BCUT2D eigenvalue weighted by Gasteiger charge is -2.14. The molecular weight excluding hydrogens is 284 g/mol. The normalized spacial score (nSPS) is 15.6. The molecule has 1 unspecified atom stereocenters. The van der Waals surface area contributed by atoms with E-state index in [-0.39, 0.29) is 5.92 Å². The molecule has 0 saturated heterocycles. The number of ether oxygens (including phenoxy) is 1. The molecule has 2 aromatic rings. The second-order valence-electron chi connectivity index (χ2n) is 6.46. The van der Waals surface area contributed by atoms with Crippen molar-refractivity contribution in [3.63, 3.8) is 0 Å². The van der Waals surface area contributed by atoms with E-state index in [1.165, 1.54) is 27.8 Å². The molecule has 0 saturated carbocycles. The Kier molecular flexibility index (Phi) is 4.69. The fourth-order valence-electron chi connectivity index (χ4n) is 3.30. The molecule has 0 heterocycles. The lowest BCUT2D eigenvalue weighted by molar-refractivity contribution is 0.261. The fourth-order valence-corrected chi connectivity index (χ4v) is 3.30. The van der Waals surface area contributed by atoms with Crippen LogP contribution in [0.5, 0.6) is 5.75 Å². The lowest BCUT2D eigenvalue weighted by atomic mass is 9.95. The zero-order valence-corrected chi connectivity index (χ0v) is 14.3. The summed E-state index contributed by atoms with van der Waals surface area (Å²) >= 11 is 0. The van der Waals surface area contributed by atoms with Gasteiger partial charge in [0.15, 0.2) is 0 Å². The summed E-state index contributed by atoms with van der Waals surface area (Å²) in [6.45, 7) is 4.44. The Labute approximate surface area is 139 Å².